The van der Waals surface area contributed by atoms with Crippen LogP contribution in [0, 0.1) is 0 Å². The van der Waals surface area contributed by atoms with E-state index in [-0.39, 0.29) is 4.90 Å². The Hall–Kier alpha value is -1.25. The van der Waals surface area contributed by atoms with Gasteiger partial charge in [-0.2, -0.15) is 11.8 Å². The molecule has 0 unspecified atom stereocenters. The molecule has 0 aromatic heterocycles. The molecule has 6 nitrogen and oxygen atoms in total. The van der Waals surface area contributed by atoms with Crippen LogP contribution in [0.5, 0.6) is 0 Å². The van der Waals surface area contributed by atoms with Crippen LogP contribution in [0.4, 0.5) is 0 Å². The summed E-state index contributed by atoms with van der Waals surface area (Å²) in [7, 11) is -1.92. The van der Waals surface area contributed by atoms with Crippen molar-refractivity contribution in [3.05, 3.63) is 29.8 Å². The first-order valence-electron chi connectivity index (χ1n) is 6.02. The number of thioether (sulfide) groups is 1. The van der Waals surface area contributed by atoms with Gasteiger partial charge in [0.2, 0.25) is 10.0 Å². The fraction of sp³-hybridized carbons (Fsp3) is 0.417. The smallest absolute Gasteiger partial charge is 0.238 e. The van der Waals surface area contributed by atoms with Gasteiger partial charge in [0.05, 0.1) is 4.90 Å². The van der Waals surface area contributed by atoms with Gasteiger partial charge in [-0.3, -0.25) is 4.99 Å². The molecule has 1 rings (SSSR count). The van der Waals surface area contributed by atoms with Gasteiger partial charge in [-0.05, 0) is 24.0 Å². The van der Waals surface area contributed by atoms with E-state index in [1.54, 1.807) is 30.9 Å². The average Bonchev–Trinajstić information content (AvgIpc) is 2.42. The molecule has 0 radical (unpaired) electrons. The van der Waals surface area contributed by atoms with Gasteiger partial charge in [0, 0.05) is 25.9 Å². The maximum absolute atomic E-state index is 11.1. The van der Waals surface area contributed by atoms with E-state index < -0.39 is 10.0 Å². The SMILES string of the molecule is CN=C(NCCSC)NCc1ccc(S(N)(=O)=O)cc1. The summed E-state index contributed by atoms with van der Waals surface area (Å²) < 4.78 is 22.3. The van der Waals surface area contributed by atoms with Crippen molar-refractivity contribution >= 4 is 27.7 Å². The Kier molecular flexibility index (Phi) is 6.83. The number of hydrogen-bond donors (Lipinski definition) is 3. The Morgan fingerprint density at radius 2 is 1.95 bits per heavy atom. The lowest BCUT2D eigenvalue weighted by molar-refractivity contribution is 0.597. The van der Waals surface area contributed by atoms with Crippen LogP contribution in [-0.2, 0) is 16.6 Å². The van der Waals surface area contributed by atoms with E-state index in [4.69, 9.17) is 5.14 Å². The molecule has 0 atom stereocenters. The number of hydrogen-bond acceptors (Lipinski definition) is 4. The molecule has 0 bridgehead atoms. The molecule has 0 saturated heterocycles. The first-order chi connectivity index (χ1) is 9.47. The van der Waals surface area contributed by atoms with E-state index in [0.717, 1.165) is 23.8 Å². The van der Waals surface area contributed by atoms with Crippen LogP contribution >= 0.6 is 11.8 Å². The Balaban J connectivity index is 2.53. The van der Waals surface area contributed by atoms with Crippen LogP contribution in [0.25, 0.3) is 0 Å². The quantitative estimate of drug-likeness (QED) is 0.400. The number of nitrogens with zero attached hydrogens (tertiary/aromatic N) is 1. The van der Waals surface area contributed by atoms with Gasteiger partial charge in [0.25, 0.3) is 0 Å². The largest absolute Gasteiger partial charge is 0.356 e. The van der Waals surface area contributed by atoms with Crippen LogP contribution < -0.4 is 15.8 Å². The molecule has 0 aliphatic heterocycles. The summed E-state index contributed by atoms with van der Waals surface area (Å²) in [4.78, 5) is 4.22. The fourth-order valence-electron chi connectivity index (χ4n) is 1.47. The molecule has 4 N–H and O–H groups in total. The Bertz CT molecular complexity index is 541. The molecule has 112 valence electrons. The number of aliphatic imine (C=N–C) groups is 1. The van der Waals surface area contributed by atoms with Gasteiger partial charge in [-0.25, -0.2) is 13.6 Å². The molecule has 1 aromatic carbocycles. The van der Waals surface area contributed by atoms with Crippen molar-refractivity contribution in [3.63, 3.8) is 0 Å². The molecule has 20 heavy (non-hydrogen) atoms. The summed E-state index contributed by atoms with van der Waals surface area (Å²) in [5.74, 6) is 1.72. The number of guanidine groups is 1. The third-order valence-electron chi connectivity index (χ3n) is 2.53. The molecule has 0 aliphatic rings. The second-order valence-electron chi connectivity index (χ2n) is 4.03. The first kappa shape index (κ1) is 16.8. The molecule has 1 aromatic rings. The number of nitrogens with one attached hydrogen (secondary N) is 2. The van der Waals surface area contributed by atoms with Crippen molar-refractivity contribution in [1.82, 2.24) is 10.6 Å². The minimum atomic E-state index is -3.63. The van der Waals surface area contributed by atoms with Gasteiger partial charge in [0.15, 0.2) is 5.96 Å². The molecule has 0 heterocycles. The van der Waals surface area contributed by atoms with Gasteiger partial charge >= 0.3 is 0 Å². The third-order valence-corrected chi connectivity index (χ3v) is 4.08. The second kappa shape index (κ2) is 8.13. The zero-order valence-electron chi connectivity index (χ0n) is 11.6. The topological polar surface area (TPSA) is 96.6 Å². The van der Waals surface area contributed by atoms with Crippen LogP contribution in [0.3, 0.4) is 0 Å². The lowest BCUT2D eigenvalue weighted by atomic mass is 10.2. The number of primary sulfonamides is 1. The Labute approximate surface area is 124 Å². The normalized spacial score (nSPS) is 12.2. The van der Waals surface area contributed by atoms with E-state index in [1.165, 1.54) is 12.1 Å². The van der Waals surface area contributed by atoms with Crippen molar-refractivity contribution in [1.29, 1.82) is 0 Å². The van der Waals surface area contributed by atoms with E-state index in [1.807, 2.05) is 6.26 Å². The van der Waals surface area contributed by atoms with E-state index in [0.29, 0.717) is 6.54 Å². The highest BCUT2D eigenvalue weighted by Gasteiger charge is 2.06. The zero-order chi connectivity index (χ0) is 15.0. The van der Waals surface area contributed by atoms with E-state index in [9.17, 15) is 8.42 Å². The molecule has 0 saturated carbocycles. The minimum absolute atomic E-state index is 0.115. The number of nitrogens with two attached hydrogens (primary N) is 1. The maximum atomic E-state index is 11.1. The van der Waals surface area contributed by atoms with Crippen molar-refractivity contribution in [3.8, 4) is 0 Å². The summed E-state index contributed by atoms with van der Waals surface area (Å²) in [6, 6.07) is 6.44. The lowest BCUT2D eigenvalue weighted by Gasteiger charge is -2.11. The Morgan fingerprint density at radius 3 is 2.45 bits per heavy atom. The maximum Gasteiger partial charge on any atom is 0.238 e. The van der Waals surface area contributed by atoms with Crippen molar-refractivity contribution in [2.45, 2.75) is 11.4 Å². The highest BCUT2D eigenvalue weighted by atomic mass is 32.2. The van der Waals surface area contributed by atoms with Crippen molar-refractivity contribution in [2.24, 2.45) is 10.1 Å². The highest BCUT2D eigenvalue weighted by molar-refractivity contribution is 7.98. The monoisotopic (exact) mass is 316 g/mol. The summed E-state index contributed by atoms with van der Waals surface area (Å²) in [6.07, 6.45) is 2.05. The average molecular weight is 316 g/mol. The van der Waals surface area contributed by atoms with Crippen LogP contribution in [-0.4, -0.2) is 40.0 Å². The molecule has 8 heteroatoms. The number of rotatable bonds is 6. The summed E-state index contributed by atoms with van der Waals surface area (Å²) >= 11 is 1.76. The predicted octanol–water partition coefficient (Wildman–Crippen LogP) is 0.362. The van der Waals surface area contributed by atoms with Crippen LogP contribution in [0.15, 0.2) is 34.2 Å². The highest BCUT2D eigenvalue weighted by Crippen LogP contribution is 2.08. The molecule has 0 aliphatic carbocycles. The van der Waals surface area contributed by atoms with Gasteiger partial charge in [-0.15, -0.1) is 0 Å². The lowest BCUT2D eigenvalue weighted by Crippen LogP contribution is -2.37. The molecule has 0 amide bonds. The molecule has 0 fully saturated rings. The van der Waals surface area contributed by atoms with Crippen LogP contribution in [0.1, 0.15) is 5.56 Å². The van der Waals surface area contributed by atoms with Crippen molar-refractivity contribution < 1.29 is 8.42 Å². The summed E-state index contributed by atoms with van der Waals surface area (Å²) in [5.41, 5.74) is 0.949. The van der Waals surface area contributed by atoms with E-state index >= 15 is 0 Å². The van der Waals surface area contributed by atoms with E-state index in [2.05, 4.69) is 15.6 Å². The first-order valence-corrected chi connectivity index (χ1v) is 8.96. The van der Waals surface area contributed by atoms with Gasteiger partial charge in [-0.1, -0.05) is 12.1 Å². The standard InChI is InChI=1S/C12H20N4O2S2/c1-14-12(15-7-8-19-2)16-9-10-3-5-11(6-4-10)20(13,17)18/h3-6H,7-9H2,1-2H3,(H2,13,17,18)(H2,14,15,16). The summed E-state index contributed by atoms with van der Waals surface area (Å²) in [6.45, 7) is 1.40. The fourth-order valence-corrected chi connectivity index (χ4v) is 2.30. The number of benzene rings is 1. The second-order valence-corrected chi connectivity index (χ2v) is 6.58. The third kappa shape index (κ3) is 5.81. The van der Waals surface area contributed by atoms with Crippen LogP contribution in [0.2, 0.25) is 0 Å². The molecule has 0 spiro atoms. The molecular weight excluding hydrogens is 296 g/mol. The summed E-state index contributed by atoms with van der Waals surface area (Å²) in [5, 5.41) is 11.4. The van der Waals surface area contributed by atoms with Crippen molar-refractivity contribution in [2.75, 3.05) is 25.6 Å². The van der Waals surface area contributed by atoms with Gasteiger partial charge in [0.1, 0.15) is 0 Å². The predicted molar refractivity (Wildman–Crippen MR) is 84.4 cm³/mol. The zero-order valence-corrected chi connectivity index (χ0v) is 13.2. The molecular formula is C12H20N4O2S2. The van der Waals surface area contributed by atoms with Gasteiger partial charge < -0.3 is 10.6 Å². The minimum Gasteiger partial charge on any atom is -0.356 e. The Morgan fingerprint density at radius 1 is 1.30 bits per heavy atom. The number of sulfonamides is 1.